The van der Waals surface area contributed by atoms with Gasteiger partial charge in [-0.1, -0.05) is 64.1 Å². The van der Waals surface area contributed by atoms with E-state index in [0.29, 0.717) is 0 Å². The van der Waals surface area contributed by atoms with E-state index in [1.165, 1.54) is 24.3 Å². The molecule has 0 aliphatic heterocycles. The maximum atomic E-state index is 11.8. The summed E-state index contributed by atoms with van der Waals surface area (Å²) in [5.74, 6) is -2.88. The Bertz CT molecular complexity index is 766. The summed E-state index contributed by atoms with van der Waals surface area (Å²) in [5.41, 5.74) is 0.499. The maximum absolute atomic E-state index is 11.8. The Morgan fingerprint density at radius 2 is 1.17 bits per heavy atom. The van der Waals surface area contributed by atoms with E-state index >= 15 is 0 Å². The number of hydrogen-bond acceptors (Lipinski definition) is 7. The second-order valence-corrected chi connectivity index (χ2v) is 4.65. The topological polar surface area (TPSA) is 124 Å². The van der Waals surface area contributed by atoms with Crippen LogP contribution in [0, 0.1) is 0 Å². The molecule has 0 radical (unpaired) electrons. The predicted octanol–water partition coefficient (Wildman–Crippen LogP) is 3.62. The smallest absolute Gasteiger partial charge is 0.373 e. The first-order valence-corrected chi connectivity index (χ1v) is 9.20. The first-order valence-electron chi connectivity index (χ1n) is 9.20. The molecule has 8 heteroatoms. The van der Waals surface area contributed by atoms with Crippen molar-refractivity contribution in [2.24, 2.45) is 0 Å². The molecule has 2 rings (SSSR count). The lowest BCUT2D eigenvalue weighted by Crippen LogP contribution is -2.32. The molecule has 0 amide bonds. The molecule has 0 spiro atoms. The van der Waals surface area contributed by atoms with Crippen LogP contribution < -0.4 is 0 Å². The Labute approximate surface area is 175 Å². The Balaban J connectivity index is 0. The summed E-state index contributed by atoms with van der Waals surface area (Å²) in [7, 11) is 0. The van der Waals surface area contributed by atoms with Crippen LogP contribution >= 0.6 is 0 Å². The summed E-state index contributed by atoms with van der Waals surface area (Å²) in [6, 6.07) is 16.1. The molecule has 0 fully saturated rings. The Morgan fingerprint density at radius 1 is 0.800 bits per heavy atom. The van der Waals surface area contributed by atoms with Crippen molar-refractivity contribution in [3.8, 4) is 0 Å². The zero-order valence-corrected chi connectivity index (χ0v) is 17.4. The van der Waals surface area contributed by atoms with Gasteiger partial charge in [-0.3, -0.25) is 0 Å². The van der Waals surface area contributed by atoms with Crippen LogP contribution in [0.2, 0.25) is 0 Å². The van der Waals surface area contributed by atoms with E-state index in [0.717, 1.165) is 0 Å². The van der Waals surface area contributed by atoms with Crippen molar-refractivity contribution in [1.29, 1.82) is 0 Å². The van der Waals surface area contributed by atoms with Crippen LogP contribution in [0.15, 0.2) is 60.7 Å². The fourth-order valence-corrected chi connectivity index (χ4v) is 1.74. The van der Waals surface area contributed by atoms with Gasteiger partial charge < -0.3 is 14.6 Å². The highest BCUT2D eigenvalue weighted by atomic mass is 16.6. The highest BCUT2D eigenvalue weighted by Crippen LogP contribution is 2.07. The Hall–Kier alpha value is -3.77. The summed E-state index contributed by atoms with van der Waals surface area (Å²) in [6.45, 7) is 7.43. The predicted molar refractivity (Wildman–Crippen MR) is 108 cm³/mol. The lowest BCUT2D eigenvalue weighted by atomic mass is 10.2. The van der Waals surface area contributed by atoms with Gasteiger partial charge in [-0.2, -0.15) is 9.59 Å². The van der Waals surface area contributed by atoms with Crippen LogP contribution in [-0.2, 0) is 23.9 Å². The highest BCUT2D eigenvalue weighted by molar-refractivity contribution is 5.92. The average Bonchev–Trinajstić information content (AvgIpc) is 2.80. The lowest BCUT2D eigenvalue weighted by Gasteiger charge is -2.14. The van der Waals surface area contributed by atoms with Gasteiger partial charge in [-0.05, 0) is 24.3 Å². The molecular weight excluding hydrogens is 392 g/mol. The van der Waals surface area contributed by atoms with Crippen molar-refractivity contribution in [2.75, 3.05) is 6.61 Å². The van der Waals surface area contributed by atoms with Crippen LogP contribution in [0.25, 0.3) is 0 Å². The fraction of sp³-hybridized carbons (Fsp3) is 0.273. The van der Waals surface area contributed by atoms with Crippen molar-refractivity contribution in [1.82, 2.24) is 0 Å². The van der Waals surface area contributed by atoms with Gasteiger partial charge in [0, 0.05) is 0 Å². The summed E-state index contributed by atoms with van der Waals surface area (Å²) in [4.78, 5) is 51.0. The first-order chi connectivity index (χ1) is 14.5. The van der Waals surface area contributed by atoms with Gasteiger partial charge in [0.05, 0.1) is 11.1 Å². The first kappa shape index (κ1) is 28.4. The molecule has 8 nitrogen and oxygen atoms in total. The number of esters is 2. The molecule has 1 atom stereocenters. The van der Waals surface area contributed by atoms with Crippen molar-refractivity contribution in [3.05, 3.63) is 71.8 Å². The fourth-order valence-electron chi connectivity index (χ4n) is 1.74. The molecule has 1 N–H and O–H groups in total. The molecule has 0 aromatic heterocycles. The van der Waals surface area contributed by atoms with Crippen molar-refractivity contribution in [2.45, 2.75) is 33.8 Å². The van der Waals surface area contributed by atoms with E-state index in [9.17, 15) is 14.4 Å². The Kier molecular flexibility index (Phi) is 17.6. The average molecular weight is 418 g/mol. The van der Waals surface area contributed by atoms with Crippen LogP contribution in [-0.4, -0.2) is 41.9 Å². The number of hydrogen-bond donors (Lipinski definition) is 1. The minimum absolute atomic E-state index is 0.216. The van der Waals surface area contributed by atoms with E-state index in [1.807, 2.05) is 27.7 Å². The summed E-state index contributed by atoms with van der Waals surface area (Å²) in [5, 5.41) is 9.08. The number of carboxylic acid groups (broad SMARTS) is 1. The van der Waals surface area contributed by atoms with E-state index < -0.39 is 30.6 Å². The van der Waals surface area contributed by atoms with Crippen molar-refractivity contribution >= 4 is 24.1 Å². The quantitative estimate of drug-likeness (QED) is 0.705. The number of ether oxygens (including phenoxy) is 2. The van der Waals surface area contributed by atoms with Gasteiger partial charge in [0.1, 0.15) is 6.61 Å². The van der Waals surface area contributed by atoms with Crippen molar-refractivity contribution < 1.29 is 38.6 Å². The zero-order valence-electron chi connectivity index (χ0n) is 17.4. The number of carbonyl (C=O) groups excluding carboxylic acids is 4. The Morgan fingerprint density at radius 3 is 1.53 bits per heavy atom. The lowest BCUT2D eigenvalue weighted by molar-refractivity contribution is -0.191. The standard InChI is InChI=1S/C17H14O6.2C2H6.CO2/c18-15(19)14(23-17(21)13-9-5-2-6-10-13)11-22-16(20)12-7-3-1-4-8-12;2*1-2;2-1-3/h1-10,14H,11H2,(H,18,19);2*1-2H3;/t14-;;;/m1.../s1. The van der Waals surface area contributed by atoms with Crippen LogP contribution in [0.5, 0.6) is 0 Å². The number of carbonyl (C=O) groups is 3. The number of carboxylic acids is 1. The van der Waals surface area contributed by atoms with E-state index in [4.69, 9.17) is 24.2 Å². The van der Waals surface area contributed by atoms with Gasteiger partial charge in [0.15, 0.2) is 0 Å². The number of rotatable bonds is 6. The molecule has 0 saturated heterocycles. The molecule has 2 aromatic rings. The second-order valence-electron chi connectivity index (χ2n) is 4.65. The minimum atomic E-state index is -1.57. The van der Waals surface area contributed by atoms with Gasteiger partial charge >= 0.3 is 24.1 Å². The van der Waals surface area contributed by atoms with E-state index in [-0.39, 0.29) is 17.3 Å². The van der Waals surface area contributed by atoms with Gasteiger partial charge in [0.25, 0.3) is 0 Å². The third-order valence-electron chi connectivity index (χ3n) is 2.91. The molecule has 0 unspecified atom stereocenters. The minimum Gasteiger partial charge on any atom is -0.478 e. The number of aliphatic carboxylic acids is 1. The molecule has 0 saturated carbocycles. The third-order valence-corrected chi connectivity index (χ3v) is 2.91. The second kappa shape index (κ2) is 18.6. The highest BCUT2D eigenvalue weighted by Gasteiger charge is 2.25. The third kappa shape index (κ3) is 11.8. The van der Waals surface area contributed by atoms with Crippen LogP contribution in [0.1, 0.15) is 48.4 Å². The monoisotopic (exact) mass is 418 g/mol. The molecule has 2 aromatic carbocycles. The molecule has 0 heterocycles. The number of benzene rings is 2. The van der Waals surface area contributed by atoms with Gasteiger partial charge in [-0.15, -0.1) is 0 Å². The summed E-state index contributed by atoms with van der Waals surface area (Å²) in [6.07, 6.45) is -1.32. The normalized spacial score (nSPS) is 9.33. The van der Waals surface area contributed by atoms with Crippen molar-refractivity contribution in [3.63, 3.8) is 0 Å². The summed E-state index contributed by atoms with van der Waals surface area (Å²) >= 11 is 0. The molecule has 30 heavy (non-hydrogen) atoms. The zero-order chi connectivity index (χ0) is 23.4. The largest absolute Gasteiger partial charge is 0.478 e. The summed E-state index contributed by atoms with van der Waals surface area (Å²) < 4.78 is 9.76. The molecule has 0 aliphatic rings. The van der Waals surface area contributed by atoms with Crippen LogP contribution in [0.3, 0.4) is 0 Å². The van der Waals surface area contributed by atoms with Gasteiger partial charge in [-0.25, -0.2) is 14.4 Å². The SMILES string of the molecule is CC.CC.O=C(OC[C@@H](OC(=O)c1ccccc1)C(=O)O)c1ccccc1.O=C=O. The molecule has 0 bridgehead atoms. The van der Waals surface area contributed by atoms with E-state index in [2.05, 4.69) is 0 Å². The molecular formula is C22H26O8. The van der Waals surface area contributed by atoms with Crippen LogP contribution in [0.4, 0.5) is 0 Å². The molecule has 0 aliphatic carbocycles. The maximum Gasteiger partial charge on any atom is 0.373 e. The van der Waals surface area contributed by atoms with E-state index in [1.54, 1.807) is 36.4 Å². The van der Waals surface area contributed by atoms with Gasteiger partial charge in [0.2, 0.25) is 6.10 Å². The molecule has 162 valence electrons.